The average Bonchev–Trinajstić information content (AvgIpc) is 3.09. The van der Waals surface area contributed by atoms with E-state index in [4.69, 9.17) is 9.72 Å². The van der Waals surface area contributed by atoms with Gasteiger partial charge in [0.25, 0.3) is 0 Å². The van der Waals surface area contributed by atoms with Crippen molar-refractivity contribution in [2.75, 3.05) is 36.4 Å². The number of amides is 1. The van der Waals surface area contributed by atoms with Gasteiger partial charge in [-0.25, -0.2) is 9.78 Å². The number of carbonyl (C=O) groups is 1. The highest BCUT2D eigenvalue weighted by Crippen LogP contribution is 2.39. The Morgan fingerprint density at radius 1 is 1.17 bits per heavy atom. The number of ether oxygens (including phenoxy) is 1. The van der Waals surface area contributed by atoms with Gasteiger partial charge in [-0.1, -0.05) is 0 Å². The maximum Gasteiger partial charge on any atom is 0.410 e. The molecule has 0 radical (unpaired) electrons. The van der Waals surface area contributed by atoms with Crippen LogP contribution in [0.2, 0.25) is 0 Å². The third kappa shape index (κ3) is 4.06. The van der Waals surface area contributed by atoms with Gasteiger partial charge in [0.2, 0.25) is 5.95 Å². The van der Waals surface area contributed by atoms with Crippen LogP contribution in [-0.2, 0) is 4.74 Å². The molecule has 3 aliphatic rings. The van der Waals surface area contributed by atoms with Crippen LogP contribution < -0.4 is 10.2 Å². The summed E-state index contributed by atoms with van der Waals surface area (Å²) in [6.07, 6.45) is 4.04. The fourth-order valence-corrected chi connectivity index (χ4v) is 4.34. The summed E-state index contributed by atoms with van der Waals surface area (Å²) < 4.78 is 5.52. The number of likely N-dealkylation sites (tertiary alicyclic amines) is 1. The van der Waals surface area contributed by atoms with Crippen LogP contribution in [0, 0.1) is 11.8 Å². The predicted molar refractivity (Wildman–Crippen MR) is 113 cm³/mol. The molecule has 1 saturated carbocycles. The maximum atomic E-state index is 12.4. The number of rotatable bonds is 4. The van der Waals surface area contributed by atoms with Gasteiger partial charge in [0.1, 0.15) is 11.4 Å². The van der Waals surface area contributed by atoms with E-state index in [0.29, 0.717) is 17.8 Å². The third-order valence-electron chi connectivity index (χ3n) is 5.93. The second-order valence-electron chi connectivity index (χ2n) is 9.66. The molecule has 1 aliphatic carbocycles. The quantitative estimate of drug-likeness (QED) is 0.797. The summed E-state index contributed by atoms with van der Waals surface area (Å²) >= 11 is 0. The van der Waals surface area contributed by atoms with E-state index >= 15 is 0 Å². The monoisotopic (exact) mass is 411 g/mol. The normalized spacial score (nSPS) is 23.6. The zero-order valence-electron chi connectivity index (χ0n) is 17.8. The molecule has 1 unspecified atom stereocenters. The summed E-state index contributed by atoms with van der Waals surface area (Å²) in [7, 11) is 0. The van der Waals surface area contributed by atoms with Crippen LogP contribution in [0.5, 0.6) is 0 Å². The van der Waals surface area contributed by atoms with E-state index < -0.39 is 5.60 Å². The summed E-state index contributed by atoms with van der Waals surface area (Å²) in [4.78, 5) is 25.6. The lowest BCUT2D eigenvalue weighted by Gasteiger charge is -2.26. The van der Waals surface area contributed by atoms with Crippen LogP contribution in [0.4, 0.5) is 22.4 Å². The van der Waals surface area contributed by atoms with E-state index in [2.05, 4.69) is 31.5 Å². The number of aromatic nitrogens is 4. The van der Waals surface area contributed by atoms with Gasteiger partial charge in [-0.3, -0.25) is 5.10 Å². The molecule has 2 saturated heterocycles. The lowest BCUT2D eigenvalue weighted by atomic mass is 10.0. The number of nitrogens with zero attached hydrogens (tertiary/aromatic N) is 5. The van der Waals surface area contributed by atoms with Crippen molar-refractivity contribution in [2.24, 2.45) is 11.8 Å². The smallest absolute Gasteiger partial charge is 0.410 e. The highest BCUT2D eigenvalue weighted by Gasteiger charge is 2.43. The van der Waals surface area contributed by atoms with E-state index in [1.807, 2.05) is 31.7 Å². The summed E-state index contributed by atoms with van der Waals surface area (Å²) in [5.74, 6) is 3.72. The lowest BCUT2D eigenvalue weighted by Crippen LogP contribution is -2.37. The van der Waals surface area contributed by atoms with Crippen molar-refractivity contribution in [1.82, 2.24) is 25.1 Å². The van der Waals surface area contributed by atoms with Gasteiger partial charge in [0.05, 0.1) is 0 Å². The van der Waals surface area contributed by atoms with Crippen molar-refractivity contribution < 1.29 is 9.53 Å². The van der Waals surface area contributed by atoms with Gasteiger partial charge in [0, 0.05) is 61.9 Å². The summed E-state index contributed by atoms with van der Waals surface area (Å²) in [6, 6.07) is 3.92. The molecule has 2 atom stereocenters. The average molecular weight is 412 g/mol. The van der Waals surface area contributed by atoms with Gasteiger partial charge in [-0.2, -0.15) is 10.1 Å². The fourth-order valence-electron chi connectivity index (χ4n) is 4.34. The molecule has 0 aromatic carbocycles. The molecule has 2 aliphatic heterocycles. The molecule has 9 nitrogen and oxygen atoms in total. The van der Waals surface area contributed by atoms with Crippen LogP contribution in [0.1, 0.15) is 45.2 Å². The van der Waals surface area contributed by atoms with E-state index in [1.54, 1.807) is 6.20 Å². The number of H-pyrrole nitrogens is 1. The summed E-state index contributed by atoms with van der Waals surface area (Å²) in [5, 5.41) is 10.7. The van der Waals surface area contributed by atoms with Gasteiger partial charge in [0.15, 0.2) is 5.82 Å². The van der Waals surface area contributed by atoms with Crippen molar-refractivity contribution in [1.29, 1.82) is 0 Å². The Kier molecular flexibility index (Phi) is 4.56. The molecule has 4 heterocycles. The fraction of sp³-hybridized carbons (Fsp3) is 0.619. The number of fused-ring (bicyclic) bond motifs is 1. The lowest BCUT2D eigenvalue weighted by molar-refractivity contribution is 0.0282. The first-order chi connectivity index (χ1) is 14.3. The predicted octanol–water partition coefficient (Wildman–Crippen LogP) is 3.12. The number of hydrogen-bond acceptors (Lipinski definition) is 7. The van der Waals surface area contributed by atoms with Crippen molar-refractivity contribution in [3.05, 3.63) is 24.0 Å². The summed E-state index contributed by atoms with van der Waals surface area (Å²) in [5.41, 5.74) is 0.726. The maximum absolute atomic E-state index is 12.4. The van der Waals surface area contributed by atoms with Gasteiger partial charge in [-0.15, -0.1) is 0 Å². The second kappa shape index (κ2) is 7.14. The van der Waals surface area contributed by atoms with Crippen LogP contribution in [0.25, 0.3) is 0 Å². The summed E-state index contributed by atoms with van der Waals surface area (Å²) in [6.45, 7) is 8.85. The van der Waals surface area contributed by atoms with Crippen molar-refractivity contribution in [3.8, 4) is 0 Å². The molecule has 30 heavy (non-hydrogen) atoms. The minimum absolute atomic E-state index is 0.213. The molecule has 2 aromatic rings. The molecule has 2 N–H and O–H groups in total. The molecule has 160 valence electrons. The first-order valence-corrected chi connectivity index (χ1v) is 10.7. The van der Waals surface area contributed by atoms with Crippen molar-refractivity contribution >= 4 is 23.7 Å². The molecular weight excluding hydrogens is 382 g/mol. The first-order valence-electron chi connectivity index (χ1n) is 10.7. The van der Waals surface area contributed by atoms with Crippen LogP contribution in [-0.4, -0.2) is 62.9 Å². The number of aromatic amines is 1. The number of hydrogen-bond donors (Lipinski definition) is 2. The Labute approximate surface area is 176 Å². The number of nitrogens with one attached hydrogen (secondary N) is 2. The molecule has 5 rings (SSSR count). The third-order valence-corrected chi connectivity index (χ3v) is 5.93. The Balaban J connectivity index is 1.20. The Morgan fingerprint density at radius 3 is 2.57 bits per heavy atom. The zero-order chi connectivity index (χ0) is 20.9. The van der Waals surface area contributed by atoms with Crippen LogP contribution in [0.3, 0.4) is 0 Å². The molecule has 3 fully saturated rings. The van der Waals surface area contributed by atoms with Gasteiger partial charge in [-0.05, 0) is 39.7 Å². The minimum Gasteiger partial charge on any atom is -0.444 e. The standard InChI is InChI=1S/C21H29N7O2/c1-21(2,3)30-20(29)28-11-14-9-27(10-15(14)12-28)19-22-7-6-17(24-19)23-18-8-16(25-26-18)13-4-5-13/h6-8,13-15H,4-5,9-12H2,1-3H3,(H2,22,23,24,25,26)/t14-,15?/m0/s1. The highest BCUT2D eigenvalue weighted by molar-refractivity contribution is 5.68. The van der Waals surface area contributed by atoms with Crippen molar-refractivity contribution in [3.63, 3.8) is 0 Å². The van der Waals surface area contributed by atoms with E-state index in [9.17, 15) is 4.79 Å². The second-order valence-corrected chi connectivity index (χ2v) is 9.66. The Hall–Kier alpha value is -2.84. The van der Waals surface area contributed by atoms with Crippen molar-refractivity contribution in [2.45, 2.75) is 45.1 Å². The first kappa shape index (κ1) is 19.1. The molecule has 1 amide bonds. The van der Waals surface area contributed by atoms with Crippen LogP contribution in [0.15, 0.2) is 18.3 Å². The van der Waals surface area contributed by atoms with Gasteiger partial charge < -0.3 is 19.9 Å². The molecule has 0 bridgehead atoms. The highest BCUT2D eigenvalue weighted by atomic mass is 16.6. The zero-order valence-corrected chi connectivity index (χ0v) is 17.8. The topological polar surface area (TPSA) is 99.3 Å². The largest absolute Gasteiger partial charge is 0.444 e. The SMILES string of the molecule is CC(C)(C)OC(=O)N1CC2CN(c3nccc(Nc4cc(C5CC5)[nH]n4)n3)C[C@H]2C1. The molecule has 2 aromatic heterocycles. The minimum atomic E-state index is -0.462. The van der Waals surface area contributed by atoms with E-state index in [-0.39, 0.29) is 6.09 Å². The molecular formula is C21H29N7O2. The van der Waals surface area contributed by atoms with E-state index in [1.165, 1.54) is 18.5 Å². The molecule has 9 heteroatoms. The Bertz CT molecular complexity index is 919. The van der Waals surface area contributed by atoms with E-state index in [0.717, 1.165) is 43.8 Å². The van der Waals surface area contributed by atoms with Crippen LogP contribution >= 0.6 is 0 Å². The Morgan fingerprint density at radius 2 is 1.90 bits per heavy atom. The molecule has 0 spiro atoms. The number of anilines is 3. The number of carbonyl (C=O) groups excluding carboxylic acids is 1. The van der Waals surface area contributed by atoms with Gasteiger partial charge >= 0.3 is 6.09 Å².